The maximum absolute atomic E-state index is 15.2. The molecule has 6 aromatic rings. The highest BCUT2D eigenvalue weighted by Crippen LogP contribution is 2.46. The van der Waals surface area contributed by atoms with Crippen LogP contribution in [0.2, 0.25) is 0 Å². The Morgan fingerprint density at radius 2 is 0.869 bits per heavy atom. The minimum absolute atomic E-state index is 0.185. The van der Waals surface area contributed by atoms with Gasteiger partial charge in [-0.2, -0.15) is 26.3 Å². The van der Waals surface area contributed by atoms with Crippen LogP contribution in [0.5, 0.6) is 11.5 Å². The van der Waals surface area contributed by atoms with Crippen molar-refractivity contribution in [3.8, 4) is 53.3 Å². The van der Waals surface area contributed by atoms with Crippen LogP contribution in [0.3, 0.4) is 0 Å². The number of hydrogen-bond acceptors (Lipinski definition) is 7. The molecule has 2 fully saturated rings. The Morgan fingerprint density at radius 3 is 1.25 bits per heavy atom. The molecule has 0 amide bonds. The van der Waals surface area contributed by atoms with Gasteiger partial charge in [0.25, 0.3) is 0 Å². The van der Waals surface area contributed by atoms with Crippen LogP contribution in [-0.4, -0.2) is 21.0 Å². The Morgan fingerprint density at radius 1 is 0.492 bits per heavy atom. The van der Waals surface area contributed by atoms with Gasteiger partial charge in [-0.15, -0.1) is 22.7 Å². The zero-order valence-corrected chi connectivity index (χ0v) is 37.6. The summed E-state index contributed by atoms with van der Waals surface area (Å²) >= 11 is 4.41. The molecule has 4 nitrogen and oxygen atoms in total. The molecule has 0 N–H and O–H groups in total. The zero-order valence-electron chi connectivity index (χ0n) is 35.2. The smallest absolute Gasteiger partial charge is 0.400 e. The van der Waals surface area contributed by atoms with E-state index in [1.165, 1.54) is 50.3 Å². The first-order valence-corrected chi connectivity index (χ1v) is 24.8. The third-order valence-corrected chi connectivity index (χ3v) is 15.9. The van der Waals surface area contributed by atoms with E-state index in [0.717, 1.165) is 91.3 Å². The molecule has 8 rings (SSSR count). The first kappa shape index (κ1) is 43.8. The summed E-state index contributed by atoms with van der Waals surface area (Å²) in [6.45, 7) is 4.38. The van der Waals surface area contributed by atoms with Gasteiger partial charge >= 0.3 is 12.2 Å². The molecule has 324 valence electrons. The van der Waals surface area contributed by atoms with Crippen molar-refractivity contribution in [2.24, 2.45) is 23.7 Å². The highest BCUT2D eigenvalue weighted by molar-refractivity contribution is 7.19. The molecule has 0 unspecified atom stereocenters. The summed E-state index contributed by atoms with van der Waals surface area (Å²) < 4.78 is 81.1. The number of hydrogen-bond donors (Lipinski definition) is 0. The van der Waals surface area contributed by atoms with Gasteiger partial charge in [0, 0.05) is 30.6 Å². The predicted molar refractivity (Wildman–Crippen MR) is 245 cm³/mol. The predicted octanol–water partition coefficient (Wildman–Crippen LogP) is 17.2. The van der Waals surface area contributed by atoms with Crippen molar-refractivity contribution in [2.75, 3.05) is 0 Å². The maximum Gasteiger partial charge on any atom is 0.400 e. The number of benzene rings is 3. The van der Waals surface area contributed by atoms with Crippen molar-refractivity contribution in [1.82, 2.24) is 8.75 Å². The van der Waals surface area contributed by atoms with Crippen molar-refractivity contribution in [3.63, 3.8) is 0 Å². The summed E-state index contributed by atoms with van der Waals surface area (Å²) in [7, 11) is 0. The van der Waals surface area contributed by atoms with Gasteiger partial charge < -0.3 is 9.47 Å². The molecule has 0 spiro atoms. The number of fused-ring (bicyclic) bond motifs is 1. The summed E-state index contributed by atoms with van der Waals surface area (Å²) in [6, 6.07) is 26.4. The van der Waals surface area contributed by atoms with Crippen molar-refractivity contribution in [3.05, 3.63) is 84.9 Å². The monoisotopic (exact) mass is 888 g/mol. The number of ether oxygens (including phenoxy) is 2. The number of unbranched alkanes of at least 4 members (excludes halogenated alkanes) is 4. The second-order valence-electron chi connectivity index (χ2n) is 17.3. The third-order valence-electron chi connectivity index (χ3n) is 13.0. The Kier molecular flexibility index (Phi) is 14.2. The van der Waals surface area contributed by atoms with Crippen LogP contribution >= 0.6 is 34.4 Å². The molecule has 0 atom stereocenters. The number of halogens is 4. The van der Waals surface area contributed by atoms with E-state index in [0.29, 0.717) is 37.5 Å². The molecular weight excluding hydrogens is 833 g/mol. The Labute approximate surface area is 370 Å². The van der Waals surface area contributed by atoms with Crippen LogP contribution in [0.1, 0.15) is 117 Å². The van der Waals surface area contributed by atoms with Crippen LogP contribution in [-0.2, 0) is 0 Å². The van der Waals surface area contributed by atoms with E-state index in [2.05, 4.69) is 38.1 Å². The number of aromatic nitrogens is 2. The largest absolute Gasteiger partial charge is 0.432 e. The topological polar surface area (TPSA) is 44.2 Å². The van der Waals surface area contributed by atoms with Crippen LogP contribution in [0.25, 0.3) is 52.8 Å². The first-order chi connectivity index (χ1) is 29.6. The van der Waals surface area contributed by atoms with Crippen LogP contribution in [0.15, 0.2) is 84.9 Å². The van der Waals surface area contributed by atoms with Gasteiger partial charge in [0.05, 0.1) is 23.6 Å². The fourth-order valence-corrected chi connectivity index (χ4v) is 12.0. The molecule has 2 saturated carbocycles. The fraction of sp³-hybridized carbons (Fsp3) is 0.480. The highest BCUT2D eigenvalue weighted by Gasteiger charge is 2.45. The van der Waals surface area contributed by atoms with Crippen molar-refractivity contribution in [1.29, 1.82) is 0 Å². The van der Waals surface area contributed by atoms with Crippen LogP contribution < -0.4 is 9.47 Å². The third kappa shape index (κ3) is 10.5. The lowest BCUT2D eigenvalue weighted by atomic mass is 9.79. The Hall–Kier alpha value is -3.80. The Balaban J connectivity index is 0.885. The van der Waals surface area contributed by atoms with E-state index >= 15 is 17.6 Å². The van der Waals surface area contributed by atoms with E-state index in [-0.39, 0.29) is 11.5 Å². The van der Waals surface area contributed by atoms with Gasteiger partial charge in [0.2, 0.25) is 0 Å². The quantitative estimate of drug-likeness (QED) is 0.0637. The second kappa shape index (κ2) is 19.7. The number of alkyl halides is 4. The second-order valence-corrected chi connectivity index (χ2v) is 19.9. The first-order valence-electron chi connectivity index (χ1n) is 22.4. The summed E-state index contributed by atoms with van der Waals surface area (Å²) in [6.07, 6.45) is 8.55. The molecular formula is C50H56F4N2O2S3. The molecule has 2 aliphatic carbocycles. The average molecular weight is 889 g/mol. The number of nitrogens with zero attached hydrogens (tertiary/aromatic N) is 2. The van der Waals surface area contributed by atoms with Crippen LogP contribution in [0, 0.1) is 23.7 Å². The van der Waals surface area contributed by atoms with Gasteiger partial charge in [0.15, 0.2) is 0 Å². The normalized spacial score (nSPS) is 20.0. The van der Waals surface area contributed by atoms with E-state index in [9.17, 15) is 0 Å². The van der Waals surface area contributed by atoms with E-state index in [1.54, 1.807) is 46.9 Å². The lowest BCUT2D eigenvalue weighted by Gasteiger charge is -2.33. The molecule has 0 radical (unpaired) electrons. The van der Waals surface area contributed by atoms with Gasteiger partial charge in [-0.05, 0) is 147 Å². The molecule has 0 bridgehead atoms. The molecule has 11 heteroatoms. The van der Waals surface area contributed by atoms with Crippen molar-refractivity contribution >= 4 is 45.4 Å². The lowest BCUT2D eigenvalue weighted by Crippen LogP contribution is -2.37. The van der Waals surface area contributed by atoms with Crippen LogP contribution in [0.4, 0.5) is 17.6 Å². The standard InChI is InChI=1S/C50H56F4N2O2S3/c1-3-5-7-9-33-11-19-37(20-12-33)49(51,52)57-39-23-15-35(16-24-39)43-29-31-45(59-43)41-27-28-42(48-47(41)55-61-56-48)46-32-30-44(60-46)36-17-25-40(26-18-36)58-50(53,54)38-21-13-34(14-22-38)10-8-6-4-2/h15-18,23-34,37-38H,3-14,19-22H2,1-2H3. The van der Waals surface area contributed by atoms with Gasteiger partial charge in [0.1, 0.15) is 22.5 Å². The van der Waals surface area contributed by atoms with E-state index < -0.39 is 24.1 Å². The van der Waals surface area contributed by atoms with Gasteiger partial charge in [-0.25, -0.2) is 0 Å². The summed E-state index contributed by atoms with van der Waals surface area (Å²) in [5, 5.41) is 0. The van der Waals surface area contributed by atoms with Gasteiger partial charge in [-0.3, -0.25) is 0 Å². The molecule has 2 aliphatic rings. The minimum atomic E-state index is -3.19. The maximum atomic E-state index is 15.2. The summed E-state index contributed by atoms with van der Waals surface area (Å²) in [5.41, 5.74) is 5.45. The SMILES string of the molecule is CCCCCC1CCC(C(F)(F)Oc2ccc(-c3ccc(-c4ccc(-c5ccc(-c6ccc(OC(F)(F)C7CCC(CCCCC)CC7)cc6)s5)c5nsnc45)s3)cc2)CC1. The highest BCUT2D eigenvalue weighted by atomic mass is 32.1. The molecule has 3 heterocycles. The van der Waals surface area contributed by atoms with Crippen molar-refractivity contribution < 1.29 is 27.0 Å². The fourth-order valence-electron chi connectivity index (χ4n) is 9.34. The average Bonchev–Trinajstić information content (AvgIpc) is 4.07. The molecule has 3 aromatic carbocycles. The van der Waals surface area contributed by atoms with E-state index in [1.807, 2.05) is 36.4 Å². The van der Waals surface area contributed by atoms with E-state index in [4.69, 9.17) is 18.2 Å². The number of rotatable bonds is 18. The summed E-state index contributed by atoms with van der Waals surface area (Å²) in [5.74, 6) is 0.000707. The lowest BCUT2D eigenvalue weighted by molar-refractivity contribution is -0.224. The van der Waals surface area contributed by atoms with Crippen molar-refractivity contribution in [2.45, 2.75) is 129 Å². The minimum Gasteiger partial charge on any atom is -0.432 e. The molecule has 0 saturated heterocycles. The zero-order chi connectivity index (χ0) is 42.4. The molecule has 0 aliphatic heterocycles. The molecule has 3 aromatic heterocycles. The number of thiophene rings is 2. The molecule has 61 heavy (non-hydrogen) atoms. The Bertz CT molecular complexity index is 2140. The summed E-state index contributed by atoms with van der Waals surface area (Å²) in [4.78, 5) is 4.09. The van der Waals surface area contributed by atoms with Gasteiger partial charge in [-0.1, -0.05) is 77.3 Å².